The first-order valence-corrected chi connectivity index (χ1v) is 8.08. The molecule has 0 aliphatic carbocycles. The topological polar surface area (TPSA) is 108 Å². The normalized spacial score (nSPS) is 13.5. The second-order valence-electron chi connectivity index (χ2n) is 5.94. The van der Waals surface area contributed by atoms with Crippen molar-refractivity contribution in [3.63, 3.8) is 0 Å². The molecule has 3 rings (SSSR count). The first-order valence-electron chi connectivity index (χ1n) is 8.08. The molecule has 1 aromatic carbocycles. The number of para-hydroxylation sites is 2. The smallest absolute Gasteiger partial charge is 0.371 e. The number of hydrogen-bond acceptors (Lipinski definition) is 4. The molecule has 0 spiro atoms. The minimum atomic E-state index is -1.21. The van der Waals surface area contributed by atoms with Gasteiger partial charge in [-0.2, -0.15) is 0 Å². The number of carbonyl (C=O) groups excluding carboxylic acids is 1. The maximum atomic E-state index is 12.5. The highest BCUT2D eigenvalue weighted by Crippen LogP contribution is 2.25. The molecule has 0 radical (unpaired) electrons. The summed E-state index contributed by atoms with van der Waals surface area (Å²) in [6, 6.07) is 9.91. The highest BCUT2D eigenvalue weighted by atomic mass is 16.4. The van der Waals surface area contributed by atoms with E-state index in [-0.39, 0.29) is 23.5 Å². The molecular weight excluding hydrogens is 322 g/mol. The molecule has 3 N–H and O–H groups in total. The largest absolute Gasteiger partial charge is 0.475 e. The average Bonchev–Trinajstić information content (AvgIpc) is 3.25. The molecule has 0 saturated carbocycles. The zero-order valence-corrected chi connectivity index (χ0v) is 13.9. The maximum absolute atomic E-state index is 12.5. The van der Waals surface area contributed by atoms with Crippen LogP contribution in [0.4, 0.5) is 0 Å². The number of amides is 1. The lowest BCUT2D eigenvalue weighted by Crippen LogP contribution is -2.33. The van der Waals surface area contributed by atoms with Crippen molar-refractivity contribution < 1.29 is 19.1 Å². The second kappa shape index (κ2) is 6.80. The maximum Gasteiger partial charge on any atom is 0.371 e. The number of nitrogens with one attached hydrogen (secondary N) is 2. The standard InChI is InChI=1S/C18H19N3O4/c1-3-10(2)15(16-19-11-6-4-5-7-12(11)20-16)21-17(22)13-8-9-14(25-13)18(23)24/h4-10,15H,3H2,1-2H3,(H,19,20)(H,21,22)(H,23,24). The number of rotatable bonds is 6. The van der Waals surface area contributed by atoms with Crippen LogP contribution in [0.3, 0.4) is 0 Å². The molecule has 130 valence electrons. The summed E-state index contributed by atoms with van der Waals surface area (Å²) in [5, 5.41) is 11.8. The Hall–Kier alpha value is -3.09. The Labute approximate surface area is 144 Å². The van der Waals surface area contributed by atoms with E-state index in [4.69, 9.17) is 9.52 Å². The van der Waals surface area contributed by atoms with Gasteiger partial charge in [-0.05, 0) is 30.2 Å². The lowest BCUT2D eigenvalue weighted by molar-refractivity contribution is 0.0659. The molecule has 0 bridgehead atoms. The molecule has 0 aliphatic rings. The Bertz CT molecular complexity index is 879. The van der Waals surface area contributed by atoms with E-state index in [1.54, 1.807) is 0 Å². The highest BCUT2D eigenvalue weighted by Gasteiger charge is 2.25. The Morgan fingerprint density at radius 3 is 2.60 bits per heavy atom. The molecule has 7 nitrogen and oxygen atoms in total. The van der Waals surface area contributed by atoms with Gasteiger partial charge in [0.05, 0.1) is 17.1 Å². The number of H-pyrrole nitrogens is 1. The summed E-state index contributed by atoms with van der Waals surface area (Å²) in [5.41, 5.74) is 1.72. The van der Waals surface area contributed by atoms with E-state index in [0.717, 1.165) is 17.5 Å². The predicted molar refractivity (Wildman–Crippen MR) is 91.4 cm³/mol. The molecule has 1 amide bonds. The van der Waals surface area contributed by atoms with Crippen LogP contribution >= 0.6 is 0 Å². The van der Waals surface area contributed by atoms with Crippen molar-refractivity contribution in [3.05, 3.63) is 53.7 Å². The molecule has 0 fully saturated rings. The number of fused-ring (bicyclic) bond motifs is 1. The van der Waals surface area contributed by atoms with Crippen LogP contribution in [0.1, 0.15) is 53.2 Å². The zero-order chi connectivity index (χ0) is 18.0. The Balaban J connectivity index is 1.87. The summed E-state index contributed by atoms with van der Waals surface area (Å²) >= 11 is 0. The number of aromatic carboxylic acids is 1. The van der Waals surface area contributed by atoms with Crippen LogP contribution < -0.4 is 5.32 Å². The van der Waals surface area contributed by atoms with Crippen molar-refractivity contribution in [1.82, 2.24) is 15.3 Å². The number of carboxylic acid groups (broad SMARTS) is 1. The van der Waals surface area contributed by atoms with Crippen LogP contribution in [0.15, 0.2) is 40.8 Å². The van der Waals surface area contributed by atoms with Crippen LogP contribution in [0.2, 0.25) is 0 Å². The molecule has 7 heteroatoms. The van der Waals surface area contributed by atoms with E-state index < -0.39 is 11.9 Å². The molecule has 2 unspecified atom stereocenters. The fourth-order valence-corrected chi connectivity index (χ4v) is 2.62. The van der Waals surface area contributed by atoms with Gasteiger partial charge >= 0.3 is 5.97 Å². The number of aromatic nitrogens is 2. The number of furan rings is 1. The van der Waals surface area contributed by atoms with Gasteiger partial charge in [0.15, 0.2) is 5.76 Å². The summed E-state index contributed by atoms with van der Waals surface area (Å²) in [6.45, 7) is 4.05. The van der Waals surface area contributed by atoms with Crippen molar-refractivity contribution in [2.24, 2.45) is 5.92 Å². The van der Waals surface area contributed by atoms with Crippen LogP contribution in [-0.2, 0) is 0 Å². The van der Waals surface area contributed by atoms with Gasteiger partial charge in [-0.25, -0.2) is 9.78 Å². The number of carboxylic acids is 1. The third-order valence-electron chi connectivity index (χ3n) is 4.24. The average molecular weight is 341 g/mol. The third-order valence-corrected chi connectivity index (χ3v) is 4.24. The fraction of sp³-hybridized carbons (Fsp3) is 0.278. The fourth-order valence-electron chi connectivity index (χ4n) is 2.62. The molecule has 2 heterocycles. The molecule has 3 aromatic rings. The quantitative estimate of drug-likeness (QED) is 0.637. The molecular formula is C18H19N3O4. The van der Waals surface area contributed by atoms with Crippen molar-refractivity contribution in [1.29, 1.82) is 0 Å². The van der Waals surface area contributed by atoms with Crippen LogP contribution in [0, 0.1) is 5.92 Å². The number of aromatic amines is 1. The number of imidazole rings is 1. The van der Waals surface area contributed by atoms with Gasteiger partial charge in [0, 0.05) is 0 Å². The van der Waals surface area contributed by atoms with E-state index in [1.165, 1.54) is 12.1 Å². The summed E-state index contributed by atoms with van der Waals surface area (Å²) in [7, 11) is 0. The summed E-state index contributed by atoms with van der Waals surface area (Å²) < 4.78 is 5.07. The van der Waals surface area contributed by atoms with Crippen molar-refractivity contribution >= 4 is 22.9 Å². The third kappa shape index (κ3) is 3.40. The first kappa shape index (κ1) is 16.8. The summed E-state index contributed by atoms with van der Waals surface area (Å²) in [4.78, 5) is 31.2. The second-order valence-corrected chi connectivity index (χ2v) is 5.94. The Morgan fingerprint density at radius 2 is 1.96 bits per heavy atom. The van der Waals surface area contributed by atoms with Crippen LogP contribution in [0.5, 0.6) is 0 Å². The zero-order valence-electron chi connectivity index (χ0n) is 13.9. The van der Waals surface area contributed by atoms with Gasteiger partial charge in [0.1, 0.15) is 5.82 Å². The van der Waals surface area contributed by atoms with Gasteiger partial charge in [0.2, 0.25) is 5.76 Å². The molecule has 0 saturated heterocycles. The van der Waals surface area contributed by atoms with Gasteiger partial charge in [-0.3, -0.25) is 4.79 Å². The van der Waals surface area contributed by atoms with Crippen molar-refractivity contribution in [3.8, 4) is 0 Å². The first-order chi connectivity index (χ1) is 12.0. The number of benzene rings is 1. The van der Waals surface area contributed by atoms with Crippen LogP contribution in [-0.4, -0.2) is 27.0 Å². The lowest BCUT2D eigenvalue weighted by atomic mass is 9.98. The monoisotopic (exact) mass is 341 g/mol. The van der Waals surface area contributed by atoms with Crippen molar-refractivity contribution in [2.45, 2.75) is 26.3 Å². The molecule has 25 heavy (non-hydrogen) atoms. The van der Waals surface area contributed by atoms with E-state index in [2.05, 4.69) is 15.3 Å². The lowest BCUT2D eigenvalue weighted by Gasteiger charge is -2.21. The highest BCUT2D eigenvalue weighted by molar-refractivity contribution is 5.93. The number of nitrogens with zero attached hydrogens (tertiary/aromatic N) is 1. The number of carbonyl (C=O) groups is 2. The van der Waals surface area contributed by atoms with E-state index in [1.807, 2.05) is 38.1 Å². The predicted octanol–water partition coefficient (Wildman–Crippen LogP) is 3.37. The van der Waals surface area contributed by atoms with Gasteiger partial charge < -0.3 is 19.8 Å². The van der Waals surface area contributed by atoms with Gasteiger partial charge in [-0.1, -0.05) is 32.4 Å². The van der Waals surface area contributed by atoms with E-state index in [9.17, 15) is 9.59 Å². The molecule has 0 aliphatic heterocycles. The summed E-state index contributed by atoms with van der Waals surface area (Å²) in [6.07, 6.45) is 0.834. The molecule has 2 atom stereocenters. The van der Waals surface area contributed by atoms with E-state index in [0.29, 0.717) is 5.82 Å². The number of hydrogen-bond donors (Lipinski definition) is 3. The van der Waals surface area contributed by atoms with Gasteiger partial charge in [-0.15, -0.1) is 0 Å². The minimum Gasteiger partial charge on any atom is -0.475 e. The van der Waals surface area contributed by atoms with Crippen LogP contribution in [0.25, 0.3) is 11.0 Å². The Kier molecular flexibility index (Phi) is 4.56. The van der Waals surface area contributed by atoms with Crippen molar-refractivity contribution in [2.75, 3.05) is 0 Å². The Morgan fingerprint density at radius 1 is 1.24 bits per heavy atom. The minimum absolute atomic E-state index is 0.0400. The SMILES string of the molecule is CCC(C)C(NC(=O)c1ccc(C(=O)O)o1)c1nc2ccccc2[nH]1. The summed E-state index contributed by atoms with van der Waals surface area (Å²) in [5.74, 6) is -1.21. The van der Waals surface area contributed by atoms with Gasteiger partial charge in [0.25, 0.3) is 5.91 Å². The molecule has 2 aromatic heterocycles. The van der Waals surface area contributed by atoms with E-state index >= 15 is 0 Å².